The lowest BCUT2D eigenvalue weighted by Crippen LogP contribution is -2.62. The van der Waals surface area contributed by atoms with Crippen LogP contribution in [-0.4, -0.2) is 253 Å². The average Bonchev–Trinajstić information content (AvgIpc) is 1.63. The summed E-state index contributed by atoms with van der Waals surface area (Å²) in [4.78, 5) is 188. The van der Waals surface area contributed by atoms with Gasteiger partial charge in [0.2, 0.25) is 59.1 Å². The van der Waals surface area contributed by atoms with Crippen LogP contribution in [0.5, 0.6) is 0 Å². The second-order valence-electron chi connectivity index (χ2n) is 27.7. The van der Waals surface area contributed by atoms with E-state index >= 15 is 0 Å². The maximum Gasteiger partial charge on any atom is 0.345 e. The first kappa shape index (κ1) is 91.0. The van der Waals surface area contributed by atoms with Gasteiger partial charge in [-0.2, -0.15) is 9.78 Å². The van der Waals surface area contributed by atoms with Crippen molar-refractivity contribution in [2.24, 2.45) is 34.6 Å². The minimum absolute atomic E-state index is 0.0200. The van der Waals surface area contributed by atoms with Crippen molar-refractivity contribution in [3.05, 3.63) is 126 Å². The molecule has 113 heavy (non-hydrogen) atoms. The Bertz CT molecular complexity index is 4110. The van der Waals surface area contributed by atoms with Gasteiger partial charge in [0.05, 0.1) is 29.0 Å². The van der Waals surface area contributed by atoms with E-state index in [1.165, 1.54) is 47.3 Å². The van der Waals surface area contributed by atoms with Crippen molar-refractivity contribution in [1.82, 2.24) is 83.4 Å². The number of aliphatic hydroxyl groups excluding tert-OH is 2. The molecular formula is C76H109N21O15S. The van der Waals surface area contributed by atoms with Crippen molar-refractivity contribution in [3.63, 3.8) is 0 Å². The van der Waals surface area contributed by atoms with Gasteiger partial charge in [0.15, 0.2) is 0 Å². The molecule has 0 bridgehead atoms. The fourth-order valence-corrected chi connectivity index (χ4v) is 13.0. The normalized spacial score (nSPS) is 19.8. The smallest absolute Gasteiger partial charge is 0.345 e. The van der Waals surface area contributed by atoms with E-state index in [1.807, 2.05) is 60.7 Å². The number of nitrogens with zero attached hydrogens (tertiary/aromatic N) is 4. The molecule has 2 heterocycles. The number of aliphatic hydroxyl groups is 2. The number of hydrogen-bond donors (Lipinski definition) is 19. The van der Waals surface area contributed by atoms with E-state index in [-0.39, 0.29) is 103 Å². The fraction of sp³-hybridized carbons (Fsp3) is 0.474. The molecule has 1 aromatic heterocycles. The summed E-state index contributed by atoms with van der Waals surface area (Å²) >= 11 is 1.33. The van der Waals surface area contributed by atoms with Gasteiger partial charge in [0.1, 0.15) is 60.4 Å². The highest BCUT2D eigenvalue weighted by Crippen LogP contribution is 2.34. The van der Waals surface area contributed by atoms with E-state index in [0.717, 1.165) is 12.5 Å². The number of carbonyl (C=O) groups excluding carboxylic acids is 13. The molecule has 0 unspecified atom stereocenters. The molecule has 5 aromatic rings. The maximum atomic E-state index is 14.8. The molecule has 1 aliphatic rings. The molecule has 1 fully saturated rings. The van der Waals surface area contributed by atoms with Crippen LogP contribution < -0.4 is 92.5 Å². The van der Waals surface area contributed by atoms with E-state index in [1.54, 1.807) is 75.5 Å². The Hall–Kier alpha value is -10.9. The number of hydrogen-bond acceptors (Lipinski definition) is 22. The fourth-order valence-electron chi connectivity index (χ4n) is 12.0. The van der Waals surface area contributed by atoms with E-state index in [0.29, 0.717) is 37.5 Å². The first-order valence-electron chi connectivity index (χ1n) is 37.4. The Kier molecular flexibility index (Phi) is 36.7. The third-order valence-electron chi connectivity index (χ3n) is 18.3. The third-order valence-corrected chi connectivity index (χ3v) is 19.4. The van der Waals surface area contributed by atoms with Crippen LogP contribution in [0, 0.1) is 5.92 Å². The highest BCUT2D eigenvalue weighted by molar-refractivity contribution is 7.99. The summed E-state index contributed by atoms with van der Waals surface area (Å²) in [6.07, 6.45) is -1.45. The summed E-state index contributed by atoms with van der Waals surface area (Å²) < 4.78 is 1.25. The van der Waals surface area contributed by atoms with Crippen LogP contribution in [0.15, 0.2) is 113 Å². The molecule has 0 aliphatic carbocycles. The lowest BCUT2D eigenvalue weighted by atomic mass is 10.00. The number of amides is 14. The summed E-state index contributed by atoms with van der Waals surface area (Å²) in [5, 5.41) is 58.1. The molecule has 37 heteroatoms. The van der Waals surface area contributed by atoms with Crippen LogP contribution in [0.2, 0.25) is 0 Å². The van der Waals surface area contributed by atoms with Crippen molar-refractivity contribution in [2.45, 2.75) is 161 Å². The monoisotopic (exact) mass is 1590 g/mol. The van der Waals surface area contributed by atoms with Crippen molar-refractivity contribution in [3.8, 4) is 0 Å². The average molecular weight is 1590 g/mol. The number of likely N-dealkylation sites (N-methyl/N-ethyl adjacent to an activating group) is 2. The van der Waals surface area contributed by atoms with E-state index in [9.17, 15) is 72.5 Å². The number of urea groups is 1. The van der Waals surface area contributed by atoms with E-state index < -0.39 is 157 Å². The molecule has 4 aromatic carbocycles. The summed E-state index contributed by atoms with van der Waals surface area (Å²) in [5.74, 6) is -10.3. The minimum atomic E-state index is -1.84. The molecule has 36 nitrogen and oxygen atoms in total. The van der Waals surface area contributed by atoms with Crippen molar-refractivity contribution >= 4 is 112 Å². The van der Waals surface area contributed by atoms with Crippen LogP contribution >= 0.6 is 11.8 Å². The summed E-state index contributed by atoms with van der Waals surface area (Å²) in [5.41, 5.74) is 32.6. The largest absolute Gasteiger partial charge is 0.391 e. The molecule has 0 saturated carbocycles. The Labute approximate surface area is 659 Å². The molecule has 614 valence electrons. The molecule has 1 aliphatic heterocycles. The zero-order chi connectivity index (χ0) is 83.0. The number of fused-ring (bicyclic) bond motifs is 1. The third kappa shape index (κ3) is 27.5. The van der Waals surface area contributed by atoms with Crippen LogP contribution in [0.1, 0.15) is 99.8 Å². The quantitative estimate of drug-likeness (QED) is 0.0215. The van der Waals surface area contributed by atoms with Crippen molar-refractivity contribution in [1.29, 1.82) is 0 Å². The molecular weight excluding hydrogens is 1480 g/mol. The minimum Gasteiger partial charge on any atom is -0.391 e. The van der Waals surface area contributed by atoms with Crippen LogP contribution in [0.3, 0.4) is 0 Å². The van der Waals surface area contributed by atoms with Gasteiger partial charge in [0.25, 0.3) is 5.91 Å². The van der Waals surface area contributed by atoms with Gasteiger partial charge < -0.3 is 112 Å². The molecule has 0 spiro atoms. The van der Waals surface area contributed by atoms with E-state index in [4.69, 9.17) is 33.8 Å². The standard InChI is InChI=1S/C76H109N21O15S/c1-43(2)40-58-71(107)86-52(26-32-77)65(101)85-55(29-35-80)69(105)92-62(44(3)98)73(109)83-37-31-57(68(104)84-53(27-33-78)67(103)90-59(72(108)89-58)41-47-18-12-9-13-19-47)87-66(102)54(28-34-79)88-74(110)63(45(4)99)93-70(106)56(30-36-81)91-75(111)95(6)38-39-96(7)76(112)97-60-42-48(113-61-21-15-14-20-50(61)64(100)82-5)23-24-49(60)51(94-97)25-22-46-16-10-8-11-17-46/h8-25,42-45,52-59,62-63,98-99H,26-41,77-81H2,1-7H3,(H,82,100)(H,83,109)(H,84,104)(H,85,101)(H,86,107)(H,87,102)(H,88,110)(H,89,108)(H,90,103)(H,91,111)(H,92,105)(H,93,106)/b25-22+/t44-,45-,52+,53+,54+,55+,56+,57+,58+,59-,62+,63+/m1/s1. The Morgan fingerprint density at radius 3 is 1.70 bits per heavy atom. The molecule has 1 saturated heterocycles. The molecule has 24 N–H and O–H groups in total. The highest BCUT2D eigenvalue weighted by Gasteiger charge is 2.38. The van der Waals surface area contributed by atoms with Gasteiger partial charge >= 0.3 is 12.1 Å². The predicted octanol–water partition coefficient (Wildman–Crippen LogP) is -2.70. The SMILES string of the molecule is CNC(=O)c1ccccc1Sc1ccc2c(/C=C/c3ccccc3)nn(C(=O)N(C)CCN(C)C(=O)N[C@@H](CCN)C(=O)N[C@H](C(=O)N[C@@H](CCN)C(=O)N[C@H]3CCNC(=O)[C@H]([C@@H](C)O)NC(=O)[C@H](CCN)NC(=O)[C@H](CCN)NC(=O)[C@H](CC(C)C)NC(=O)[C@@H](Cc4ccccc4)NC(=O)[C@H](CCN)NC3=O)[C@@H](C)O)c2c1. The number of carbonyl (C=O) groups is 13. The first-order valence-corrected chi connectivity index (χ1v) is 38.2. The Morgan fingerprint density at radius 2 is 1.12 bits per heavy atom. The maximum absolute atomic E-state index is 14.8. The van der Waals surface area contributed by atoms with Crippen molar-refractivity contribution < 1.29 is 72.5 Å². The second-order valence-corrected chi connectivity index (χ2v) is 28.8. The molecule has 6 rings (SSSR count). The Morgan fingerprint density at radius 1 is 0.593 bits per heavy atom. The number of rotatable bonds is 31. The van der Waals surface area contributed by atoms with Gasteiger partial charge in [-0.25, -0.2) is 9.59 Å². The lowest BCUT2D eigenvalue weighted by Gasteiger charge is -2.29. The number of nitrogens with two attached hydrogens (primary N) is 5. The van der Waals surface area contributed by atoms with Gasteiger partial charge in [-0.3, -0.25) is 52.7 Å². The number of aromatic nitrogens is 2. The van der Waals surface area contributed by atoms with Gasteiger partial charge in [-0.05, 0) is 145 Å². The zero-order valence-electron chi connectivity index (χ0n) is 64.6. The summed E-state index contributed by atoms with van der Waals surface area (Å²) in [6.45, 7) is 4.24. The topological polar surface area (TPSA) is 561 Å². The molecule has 0 radical (unpaired) electrons. The van der Waals surface area contributed by atoms with Gasteiger partial charge in [-0.1, -0.05) is 104 Å². The van der Waals surface area contributed by atoms with Gasteiger partial charge in [0, 0.05) is 62.4 Å². The number of benzene rings is 4. The van der Waals surface area contributed by atoms with Crippen LogP contribution in [0.4, 0.5) is 9.59 Å². The van der Waals surface area contributed by atoms with Crippen LogP contribution in [-0.2, 0) is 54.4 Å². The molecule has 12 atom stereocenters. The zero-order valence-corrected chi connectivity index (χ0v) is 65.4. The molecule has 14 amide bonds. The first-order chi connectivity index (χ1) is 53.9. The predicted molar refractivity (Wildman–Crippen MR) is 424 cm³/mol. The summed E-state index contributed by atoms with van der Waals surface area (Å²) in [6, 6.07) is 13.6. The highest BCUT2D eigenvalue weighted by atomic mass is 32.2. The summed E-state index contributed by atoms with van der Waals surface area (Å²) in [7, 11) is 4.47. The van der Waals surface area contributed by atoms with Gasteiger partial charge in [-0.15, -0.1) is 0 Å². The lowest BCUT2D eigenvalue weighted by molar-refractivity contribution is -0.136. The van der Waals surface area contributed by atoms with E-state index in [2.05, 4.69) is 63.8 Å². The van der Waals surface area contributed by atoms with Crippen molar-refractivity contribution in [2.75, 3.05) is 73.5 Å². The Balaban J connectivity index is 1.21. The second kappa shape index (κ2) is 45.5. The van der Waals surface area contributed by atoms with Crippen LogP contribution in [0.25, 0.3) is 23.1 Å². The number of nitrogens with one attached hydrogen (secondary N) is 12.